The van der Waals surface area contributed by atoms with E-state index in [0.29, 0.717) is 41.5 Å². The van der Waals surface area contributed by atoms with Gasteiger partial charge in [-0.25, -0.2) is 4.79 Å². The van der Waals surface area contributed by atoms with E-state index in [2.05, 4.69) is 22.5 Å². The summed E-state index contributed by atoms with van der Waals surface area (Å²) in [4.78, 5) is 25.1. The summed E-state index contributed by atoms with van der Waals surface area (Å²) < 4.78 is 7.12. The van der Waals surface area contributed by atoms with Gasteiger partial charge in [0.25, 0.3) is 5.91 Å². The normalized spacial score (nSPS) is 10.4. The lowest BCUT2D eigenvalue weighted by Crippen LogP contribution is -2.28. The van der Waals surface area contributed by atoms with Gasteiger partial charge < -0.3 is 20.7 Å². The average molecular weight is 482 g/mol. The Morgan fingerprint density at radius 1 is 0.972 bits per heavy atom. The first-order valence-corrected chi connectivity index (χ1v) is 11.4. The third kappa shape index (κ3) is 6.18. The quantitative estimate of drug-likeness (QED) is 0.288. The molecule has 0 saturated heterocycles. The smallest absolute Gasteiger partial charge is 0.319 e. The number of amides is 3. The predicted octanol–water partition coefficient (Wildman–Crippen LogP) is 5.17. The fourth-order valence-electron chi connectivity index (χ4n) is 3.60. The molecule has 0 aliphatic carbocycles. The van der Waals surface area contributed by atoms with E-state index in [1.54, 1.807) is 48.3 Å². The van der Waals surface area contributed by atoms with Crippen molar-refractivity contribution in [3.8, 4) is 17.0 Å². The summed E-state index contributed by atoms with van der Waals surface area (Å²) >= 11 is 0. The lowest BCUT2D eigenvalue weighted by atomic mass is 10.1. The first-order valence-electron chi connectivity index (χ1n) is 11.4. The topological polar surface area (TPSA) is 97.3 Å². The number of anilines is 2. The highest BCUT2D eigenvalue weighted by Crippen LogP contribution is 2.27. The summed E-state index contributed by atoms with van der Waals surface area (Å²) in [5.74, 6) is 0.383. The number of aromatic nitrogens is 2. The Balaban J connectivity index is 1.56. The van der Waals surface area contributed by atoms with E-state index >= 15 is 0 Å². The van der Waals surface area contributed by atoms with Crippen LogP contribution in [0.4, 0.5) is 16.2 Å². The second kappa shape index (κ2) is 11.5. The summed E-state index contributed by atoms with van der Waals surface area (Å²) in [6.45, 7) is 4.46. The van der Waals surface area contributed by atoms with Crippen LogP contribution in [0.3, 0.4) is 0 Å². The van der Waals surface area contributed by atoms with Crippen molar-refractivity contribution in [2.24, 2.45) is 0 Å². The van der Waals surface area contributed by atoms with Crippen molar-refractivity contribution in [2.75, 3.05) is 24.3 Å². The summed E-state index contributed by atoms with van der Waals surface area (Å²) in [5.41, 5.74) is 4.03. The molecule has 0 spiro atoms. The second-order valence-corrected chi connectivity index (χ2v) is 7.96. The molecule has 182 valence electrons. The number of carbonyl (C=O) groups is 2. The number of benzene rings is 3. The number of methoxy groups -OCH3 is 1. The van der Waals surface area contributed by atoms with Gasteiger partial charge in [-0.15, -0.1) is 6.58 Å². The van der Waals surface area contributed by atoms with Crippen molar-refractivity contribution < 1.29 is 14.3 Å². The van der Waals surface area contributed by atoms with Crippen LogP contribution in [0.25, 0.3) is 11.3 Å². The van der Waals surface area contributed by atoms with Crippen LogP contribution in [0.15, 0.2) is 97.7 Å². The third-order valence-electron chi connectivity index (χ3n) is 5.34. The lowest BCUT2D eigenvalue weighted by molar-refractivity contribution is 0.102. The van der Waals surface area contributed by atoms with Crippen LogP contribution in [-0.4, -0.2) is 35.4 Å². The summed E-state index contributed by atoms with van der Waals surface area (Å²) in [7, 11) is 1.60. The van der Waals surface area contributed by atoms with Crippen molar-refractivity contribution in [3.05, 3.63) is 109 Å². The van der Waals surface area contributed by atoms with Crippen LogP contribution in [0, 0.1) is 0 Å². The molecule has 8 nitrogen and oxygen atoms in total. The molecule has 0 aliphatic rings. The van der Waals surface area contributed by atoms with Crippen LogP contribution in [0.1, 0.15) is 15.9 Å². The van der Waals surface area contributed by atoms with Gasteiger partial charge >= 0.3 is 6.03 Å². The van der Waals surface area contributed by atoms with E-state index in [0.717, 1.165) is 11.1 Å². The molecule has 0 unspecified atom stereocenters. The molecule has 4 rings (SSSR count). The molecule has 1 aromatic heterocycles. The zero-order chi connectivity index (χ0) is 25.3. The molecule has 0 fully saturated rings. The van der Waals surface area contributed by atoms with Gasteiger partial charge in [-0.3, -0.25) is 9.48 Å². The highest BCUT2D eigenvalue weighted by atomic mass is 16.5. The lowest BCUT2D eigenvalue weighted by Gasteiger charge is -2.09. The van der Waals surface area contributed by atoms with Crippen molar-refractivity contribution in [2.45, 2.75) is 6.54 Å². The molecule has 0 atom stereocenters. The molecular formula is C28H27N5O3. The Morgan fingerprint density at radius 3 is 2.39 bits per heavy atom. The van der Waals surface area contributed by atoms with Gasteiger partial charge in [-0.05, 0) is 42.0 Å². The highest BCUT2D eigenvalue weighted by molar-refractivity contribution is 6.08. The molecule has 1 heterocycles. The van der Waals surface area contributed by atoms with Gasteiger partial charge in [-0.2, -0.15) is 5.10 Å². The first-order chi connectivity index (χ1) is 17.6. The van der Waals surface area contributed by atoms with Gasteiger partial charge in [-0.1, -0.05) is 48.5 Å². The maximum Gasteiger partial charge on any atom is 0.319 e. The zero-order valence-corrected chi connectivity index (χ0v) is 19.9. The molecule has 4 aromatic rings. The molecule has 3 amide bonds. The molecular weight excluding hydrogens is 454 g/mol. The number of hydrogen-bond acceptors (Lipinski definition) is 4. The zero-order valence-electron chi connectivity index (χ0n) is 19.9. The Morgan fingerprint density at radius 2 is 1.69 bits per heavy atom. The van der Waals surface area contributed by atoms with Crippen molar-refractivity contribution in [1.29, 1.82) is 0 Å². The Bertz CT molecular complexity index is 1350. The first kappa shape index (κ1) is 24.3. The molecule has 0 radical (unpaired) electrons. The largest absolute Gasteiger partial charge is 0.497 e. The standard InChI is InChI=1S/C28H27N5O3/c1-3-16-29-28(35)31-23-14-12-22(13-15-23)30-27(34)25-19-33(18-20-8-5-4-6-9-20)32-26(25)21-10-7-11-24(17-21)36-2/h3-15,17,19H,1,16,18H2,2H3,(H,30,34)(H2,29,31,35). The third-order valence-corrected chi connectivity index (χ3v) is 5.34. The molecule has 36 heavy (non-hydrogen) atoms. The Kier molecular flexibility index (Phi) is 7.77. The molecule has 0 saturated carbocycles. The Hall–Kier alpha value is -4.85. The monoisotopic (exact) mass is 481 g/mol. The van der Waals surface area contributed by atoms with Crippen LogP contribution < -0.4 is 20.7 Å². The van der Waals surface area contributed by atoms with Crippen molar-refractivity contribution in [3.63, 3.8) is 0 Å². The summed E-state index contributed by atoms with van der Waals surface area (Å²) in [6, 6.07) is 23.9. The number of carbonyl (C=O) groups excluding carboxylic acids is 2. The molecule has 3 N–H and O–H groups in total. The van der Waals surface area contributed by atoms with E-state index in [9.17, 15) is 9.59 Å². The summed E-state index contributed by atoms with van der Waals surface area (Å²) in [6.07, 6.45) is 3.34. The number of nitrogens with one attached hydrogen (secondary N) is 3. The van der Waals surface area contributed by atoms with Crippen molar-refractivity contribution >= 4 is 23.3 Å². The van der Waals surface area contributed by atoms with Crippen LogP contribution in [0.5, 0.6) is 5.75 Å². The van der Waals surface area contributed by atoms with Crippen molar-refractivity contribution in [1.82, 2.24) is 15.1 Å². The fraction of sp³-hybridized carbons (Fsp3) is 0.107. The molecule has 3 aromatic carbocycles. The van der Waals surface area contributed by atoms with Gasteiger partial charge in [0.2, 0.25) is 0 Å². The van der Waals surface area contributed by atoms with E-state index < -0.39 is 0 Å². The molecule has 0 bridgehead atoms. The minimum absolute atomic E-state index is 0.295. The number of nitrogens with zero attached hydrogens (tertiary/aromatic N) is 2. The van der Waals surface area contributed by atoms with Gasteiger partial charge in [0.15, 0.2) is 0 Å². The average Bonchev–Trinajstić information content (AvgIpc) is 3.33. The highest BCUT2D eigenvalue weighted by Gasteiger charge is 2.19. The fourth-order valence-corrected chi connectivity index (χ4v) is 3.60. The van der Waals surface area contributed by atoms with E-state index in [1.807, 2.05) is 54.6 Å². The minimum Gasteiger partial charge on any atom is -0.497 e. The Labute approximate surface area is 209 Å². The number of ether oxygens (including phenoxy) is 1. The van der Waals surface area contributed by atoms with E-state index in [1.165, 1.54) is 0 Å². The molecule has 0 aliphatic heterocycles. The predicted molar refractivity (Wildman–Crippen MR) is 141 cm³/mol. The summed E-state index contributed by atoms with van der Waals surface area (Å²) in [5, 5.41) is 13.0. The molecule has 8 heteroatoms. The van der Waals surface area contributed by atoms with Crippen LogP contribution in [0.2, 0.25) is 0 Å². The van der Waals surface area contributed by atoms with E-state index in [4.69, 9.17) is 9.84 Å². The maximum absolute atomic E-state index is 13.3. The van der Waals surface area contributed by atoms with Gasteiger partial charge in [0.1, 0.15) is 11.4 Å². The van der Waals surface area contributed by atoms with Gasteiger partial charge in [0.05, 0.1) is 19.2 Å². The maximum atomic E-state index is 13.3. The minimum atomic E-state index is -0.333. The second-order valence-electron chi connectivity index (χ2n) is 7.96. The van der Waals surface area contributed by atoms with Crippen LogP contribution >= 0.6 is 0 Å². The number of rotatable bonds is 9. The van der Waals surface area contributed by atoms with E-state index in [-0.39, 0.29) is 11.9 Å². The van der Waals surface area contributed by atoms with Crippen LogP contribution in [-0.2, 0) is 6.54 Å². The number of hydrogen-bond donors (Lipinski definition) is 3. The van der Waals surface area contributed by atoms with Gasteiger partial charge in [0, 0.05) is 29.7 Å². The number of urea groups is 1. The SMILES string of the molecule is C=CCNC(=O)Nc1ccc(NC(=O)c2cn(Cc3ccccc3)nc2-c2cccc(OC)c2)cc1.